The van der Waals surface area contributed by atoms with Gasteiger partial charge in [0.2, 0.25) is 0 Å². The fraction of sp³-hybridized carbons (Fsp3) is 0.455. The van der Waals surface area contributed by atoms with Gasteiger partial charge in [0.15, 0.2) is 0 Å². The van der Waals surface area contributed by atoms with Crippen LogP contribution in [0.5, 0.6) is 0 Å². The van der Waals surface area contributed by atoms with Gasteiger partial charge in [0.1, 0.15) is 0 Å². The van der Waals surface area contributed by atoms with Crippen LogP contribution < -0.4 is 5.30 Å². The summed E-state index contributed by atoms with van der Waals surface area (Å²) in [5, 5.41) is 1.50. The Morgan fingerprint density at radius 2 is 1.67 bits per heavy atom. The fourth-order valence-electron chi connectivity index (χ4n) is 1.36. The monoisotopic (exact) mass is 180 g/mol. The summed E-state index contributed by atoms with van der Waals surface area (Å²) in [5.41, 5.74) is 1.78. The van der Waals surface area contributed by atoms with Crippen LogP contribution in [0.2, 0.25) is 0 Å². The molecule has 0 fully saturated rings. The van der Waals surface area contributed by atoms with Crippen molar-refractivity contribution in [1.29, 1.82) is 0 Å². The molecule has 1 aromatic carbocycles. The molecule has 0 nitrogen and oxygen atoms in total. The fourth-order valence-corrected chi connectivity index (χ4v) is 2.35. The minimum Gasteiger partial charge on any atom is -0.0933 e. The molecule has 0 bridgehead atoms. The Bertz CT molecular complexity index is 258. The molecule has 1 aromatic rings. The molecule has 0 saturated carbocycles. The Balaban J connectivity index is 3.14. The Labute approximate surface area is 77.2 Å². The van der Waals surface area contributed by atoms with E-state index in [0.717, 1.165) is 8.58 Å². The molecule has 1 rings (SSSR count). The van der Waals surface area contributed by atoms with E-state index in [1.165, 1.54) is 10.9 Å². The molecular formula is C11H17P. The smallest absolute Gasteiger partial charge is 0.0126 e. The third kappa shape index (κ3) is 2.08. The number of hydrogen-bond donors (Lipinski definition) is 0. The van der Waals surface area contributed by atoms with Crippen LogP contribution in [0.25, 0.3) is 0 Å². The second kappa shape index (κ2) is 3.58. The lowest BCUT2D eigenvalue weighted by Gasteiger charge is -2.22. The van der Waals surface area contributed by atoms with Crippen molar-refractivity contribution in [1.82, 2.24) is 0 Å². The predicted molar refractivity (Wildman–Crippen MR) is 59.0 cm³/mol. The average molecular weight is 180 g/mol. The van der Waals surface area contributed by atoms with E-state index in [1.54, 1.807) is 0 Å². The highest BCUT2D eigenvalue weighted by Gasteiger charge is 2.15. The first-order valence-electron chi connectivity index (χ1n) is 4.33. The molecule has 0 radical (unpaired) electrons. The van der Waals surface area contributed by atoms with Gasteiger partial charge in [-0.2, -0.15) is 0 Å². The van der Waals surface area contributed by atoms with Gasteiger partial charge >= 0.3 is 0 Å². The molecule has 0 amide bonds. The maximum Gasteiger partial charge on any atom is -0.0126 e. The van der Waals surface area contributed by atoms with Crippen molar-refractivity contribution in [2.75, 3.05) is 6.66 Å². The molecule has 1 heteroatoms. The van der Waals surface area contributed by atoms with Crippen molar-refractivity contribution >= 4 is 13.9 Å². The molecule has 0 N–H and O–H groups in total. The van der Waals surface area contributed by atoms with E-state index in [0.29, 0.717) is 5.41 Å². The highest BCUT2D eigenvalue weighted by atomic mass is 31.1. The van der Waals surface area contributed by atoms with Crippen LogP contribution in [0.1, 0.15) is 26.3 Å². The Kier molecular flexibility index (Phi) is 2.90. The van der Waals surface area contributed by atoms with Gasteiger partial charge < -0.3 is 0 Å². The topological polar surface area (TPSA) is 0 Å². The quantitative estimate of drug-likeness (QED) is 0.583. The summed E-state index contributed by atoms with van der Waals surface area (Å²) in [7, 11) is 0.902. The second-order valence-electron chi connectivity index (χ2n) is 4.05. The van der Waals surface area contributed by atoms with Gasteiger partial charge in [0, 0.05) is 0 Å². The van der Waals surface area contributed by atoms with Crippen LogP contribution in [0.15, 0.2) is 24.3 Å². The van der Waals surface area contributed by atoms with E-state index in [2.05, 4.69) is 51.7 Å². The van der Waals surface area contributed by atoms with Crippen molar-refractivity contribution in [3.8, 4) is 0 Å². The first-order valence-corrected chi connectivity index (χ1v) is 5.83. The maximum atomic E-state index is 2.27. The highest BCUT2D eigenvalue weighted by Crippen LogP contribution is 2.23. The van der Waals surface area contributed by atoms with Crippen LogP contribution in [-0.4, -0.2) is 6.66 Å². The first kappa shape index (κ1) is 9.74. The zero-order valence-electron chi connectivity index (χ0n) is 8.31. The normalized spacial score (nSPS) is 12.7. The van der Waals surface area contributed by atoms with Crippen LogP contribution in [-0.2, 0) is 5.41 Å². The zero-order chi connectivity index (χ0) is 9.19. The van der Waals surface area contributed by atoms with E-state index in [9.17, 15) is 0 Å². The molecule has 0 aliphatic carbocycles. The Morgan fingerprint density at radius 3 is 2.08 bits per heavy atom. The molecular weight excluding hydrogens is 163 g/mol. The van der Waals surface area contributed by atoms with Crippen molar-refractivity contribution in [2.45, 2.75) is 26.2 Å². The van der Waals surface area contributed by atoms with Crippen molar-refractivity contribution in [3.05, 3.63) is 29.8 Å². The van der Waals surface area contributed by atoms with E-state index in [4.69, 9.17) is 0 Å². The van der Waals surface area contributed by atoms with Gasteiger partial charge in [0.05, 0.1) is 0 Å². The molecule has 0 saturated heterocycles. The van der Waals surface area contributed by atoms with Gasteiger partial charge in [-0.1, -0.05) is 53.6 Å². The molecule has 12 heavy (non-hydrogen) atoms. The molecule has 0 aliphatic heterocycles. The van der Waals surface area contributed by atoms with Gasteiger partial charge in [-0.25, -0.2) is 0 Å². The van der Waals surface area contributed by atoms with Crippen LogP contribution in [0.3, 0.4) is 0 Å². The summed E-state index contributed by atoms with van der Waals surface area (Å²) >= 11 is 0. The molecule has 1 unspecified atom stereocenters. The van der Waals surface area contributed by atoms with Gasteiger partial charge in [-0.3, -0.25) is 0 Å². The third-order valence-corrected chi connectivity index (χ3v) is 2.98. The largest absolute Gasteiger partial charge is 0.0933 e. The summed E-state index contributed by atoms with van der Waals surface area (Å²) in [6.07, 6.45) is 0. The lowest BCUT2D eigenvalue weighted by atomic mass is 9.87. The van der Waals surface area contributed by atoms with Gasteiger partial charge in [0.25, 0.3) is 0 Å². The van der Waals surface area contributed by atoms with E-state index < -0.39 is 0 Å². The summed E-state index contributed by atoms with van der Waals surface area (Å²) in [6, 6.07) is 8.73. The van der Waals surface area contributed by atoms with Gasteiger partial charge in [-0.05, 0) is 22.9 Å². The van der Waals surface area contributed by atoms with Crippen molar-refractivity contribution < 1.29 is 0 Å². The van der Waals surface area contributed by atoms with Crippen molar-refractivity contribution in [3.63, 3.8) is 0 Å². The third-order valence-electron chi connectivity index (χ3n) is 2.00. The van der Waals surface area contributed by atoms with Crippen LogP contribution in [0.4, 0.5) is 0 Å². The summed E-state index contributed by atoms with van der Waals surface area (Å²) in [5.74, 6) is 0. The lowest BCUT2D eigenvalue weighted by molar-refractivity contribution is 0.594. The minimum absolute atomic E-state index is 0.291. The molecule has 1 atom stereocenters. The summed E-state index contributed by atoms with van der Waals surface area (Å²) in [6.45, 7) is 9.05. The standard InChI is InChI=1S/C11H17P/c1-11(2,3)9-7-5-6-8-10(9)12-4/h5-8,12H,1-4H3. The van der Waals surface area contributed by atoms with E-state index in [1.807, 2.05) is 0 Å². The summed E-state index contributed by atoms with van der Waals surface area (Å²) < 4.78 is 0. The molecule has 0 spiro atoms. The molecule has 0 aromatic heterocycles. The van der Waals surface area contributed by atoms with E-state index >= 15 is 0 Å². The lowest BCUT2D eigenvalue weighted by Crippen LogP contribution is -2.19. The second-order valence-corrected chi connectivity index (χ2v) is 5.08. The number of benzene rings is 1. The maximum absolute atomic E-state index is 2.27. The highest BCUT2D eigenvalue weighted by molar-refractivity contribution is 7.46. The van der Waals surface area contributed by atoms with Gasteiger partial charge in [-0.15, -0.1) is 0 Å². The predicted octanol–water partition coefficient (Wildman–Crippen LogP) is 2.92. The average Bonchev–Trinajstić information content (AvgIpc) is 2.03. The van der Waals surface area contributed by atoms with Crippen LogP contribution in [0, 0.1) is 0 Å². The zero-order valence-corrected chi connectivity index (χ0v) is 9.31. The van der Waals surface area contributed by atoms with E-state index in [-0.39, 0.29) is 0 Å². The Morgan fingerprint density at radius 1 is 1.08 bits per heavy atom. The van der Waals surface area contributed by atoms with Crippen molar-refractivity contribution in [2.24, 2.45) is 0 Å². The first-order chi connectivity index (χ1) is 5.55. The molecule has 0 heterocycles. The summed E-state index contributed by atoms with van der Waals surface area (Å²) in [4.78, 5) is 0. The van der Waals surface area contributed by atoms with Crippen LogP contribution >= 0.6 is 8.58 Å². The SMILES string of the molecule is CPc1ccccc1C(C)(C)C. The number of rotatable bonds is 1. The number of hydrogen-bond acceptors (Lipinski definition) is 0. The Hall–Kier alpha value is -0.350. The minimum atomic E-state index is 0.291. The molecule has 0 aliphatic rings. The molecule has 66 valence electrons.